The van der Waals surface area contributed by atoms with Gasteiger partial charge in [0.15, 0.2) is 0 Å². The number of nitrogens with zero attached hydrogens (tertiary/aromatic N) is 3. The molecular formula is C11H14N4O. The van der Waals surface area contributed by atoms with Gasteiger partial charge < -0.3 is 15.0 Å². The molecule has 0 aromatic carbocycles. The normalized spacial score (nSPS) is 10.4. The molecule has 84 valence electrons. The van der Waals surface area contributed by atoms with Crippen molar-refractivity contribution in [1.29, 1.82) is 0 Å². The molecule has 2 heterocycles. The van der Waals surface area contributed by atoms with E-state index in [0.717, 1.165) is 11.1 Å². The van der Waals surface area contributed by atoms with Gasteiger partial charge in [-0.25, -0.2) is 9.97 Å². The zero-order valence-corrected chi connectivity index (χ0v) is 9.09. The molecule has 2 aromatic rings. The first-order valence-corrected chi connectivity index (χ1v) is 5.08. The summed E-state index contributed by atoms with van der Waals surface area (Å²) < 4.78 is 0. The summed E-state index contributed by atoms with van der Waals surface area (Å²) in [5, 5.41) is 8.80. The largest absolute Gasteiger partial charge is 0.395 e. The average molecular weight is 218 g/mol. The smallest absolute Gasteiger partial charge is 0.225 e. The molecule has 2 aromatic heterocycles. The predicted molar refractivity (Wildman–Crippen MR) is 62.2 cm³/mol. The van der Waals surface area contributed by atoms with Gasteiger partial charge in [0.1, 0.15) is 0 Å². The number of hydrogen-bond acceptors (Lipinski definition) is 4. The fraction of sp³-hybridized carbons (Fsp3) is 0.273. The molecule has 2 rings (SSSR count). The lowest BCUT2D eigenvalue weighted by Crippen LogP contribution is -2.23. The number of aromatic nitrogens is 3. The fourth-order valence-corrected chi connectivity index (χ4v) is 1.42. The number of rotatable bonds is 4. The summed E-state index contributed by atoms with van der Waals surface area (Å²) in [7, 11) is 1.85. The molecule has 0 radical (unpaired) electrons. The Morgan fingerprint density at radius 1 is 1.31 bits per heavy atom. The summed E-state index contributed by atoms with van der Waals surface area (Å²) >= 11 is 0. The number of anilines is 1. The molecule has 0 aliphatic heterocycles. The van der Waals surface area contributed by atoms with Gasteiger partial charge in [-0.1, -0.05) is 0 Å². The van der Waals surface area contributed by atoms with Gasteiger partial charge >= 0.3 is 0 Å². The highest BCUT2D eigenvalue weighted by Crippen LogP contribution is 2.17. The zero-order valence-electron chi connectivity index (χ0n) is 9.09. The second kappa shape index (κ2) is 4.76. The van der Waals surface area contributed by atoms with Crippen LogP contribution in [0.4, 0.5) is 5.95 Å². The molecule has 0 spiro atoms. The quantitative estimate of drug-likeness (QED) is 0.800. The van der Waals surface area contributed by atoms with Crippen LogP contribution >= 0.6 is 0 Å². The summed E-state index contributed by atoms with van der Waals surface area (Å²) in [6, 6.07) is 1.97. The van der Waals surface area contributed by atoms with Crippen LogP contribution in [-0.4, -0.2) is 40.3 Å². The van der Waals surface area contributed by atoms with Crippen LogP contribution in [-0.2, 0) is 0 Å². The van der Waals surface area contributed by atoms with E-state index >= 15 is 0 Å². The van der Waals surface area contributed by atoms with Gasteiger partial charge in [-0.15, -0.1) is 0 Å². The molecule has 2 N–H and O–H groups in total. The van der Waals surface area contributed by atoms with E-state index in [1.54, 1.807) is 17.3 Å². The Labute approximate surface area is 93.8 Å². The van der Waals surface area contributed by atoms with E-state index in [1.165, 1.54) is 0 Å². The Balaban J connectivity index is 2.16. The molecule has 5 heteroatoms. The minimum Gasteiger partial charge on any atom is -0.395 e. The van der Waals surface area contributed by atoms with Crippen molar-refractivity contribution in [2.24, 2.45) is 0 Å². The van der Waals surface area contributed by atoms with Crippen molar-refractivity contribution in [2.45, 2.75) is 0 Å². The van der Waals surface area contributed by atoms with Gasteiger partial charge in [-0.05, 0) is 6.07 Å². The maximum absolute atomic E-state index is 8.80. The Morgan fingerprint density at radius 2 is 2.06 bits per heavy atom. The van der Waals surface area contributed by atoms with Gasteiger partial charge in [-0.3, -0.25) is 0 Å². The minimum absolute atomic E-state index is 0.0966. The lowest BCUT2D eigenvalue weighted by Gasteiger charge is -2.14. The van der Waals surface area contributed by atoms with Crippen molar-refractivity contribution in [3.8, 4) is 11.1 Å². The Hall–Kier alpha value is -1.88. The Morgan fingerprint density at radius 3 is 2.62 bits per heavy atom. The number of aliphatic hydroxyl groups excluding tert-OH is 1. The molecular weight excluding hydrogens is 204 g/mol. The van der Waals surface area contributed by atoms with Crippen LogP contribution in [0.2, 0.25) is 0 Å². The van der Waals surface area contributed by atoms with Crippen LogP contribution in [0.5, 0.6) is 0 Å². The number of H-pyrrole nitrogens is 1. The third-order valence-electron chi connectivity index (χ3n) is 2.35. The third-order valence-corrected chi connectivity index (χ3v) is 2.35. The van der Waals surface area contributed by atoms with Crippen LogP contribution in [0, 0.1) is 0 Å². The number of aliphatic hydroxyl groups is 1. The molecule has 0 aliphatic carbocycles. The van der Waals surface area contributed by atoms with Gasteiger partial charge in [0.2, 0.25) is 5.95 Å². The first-order valence-electron chi connectivity index (χ1n) is 5.08. The first kappa shape index (κ1) is 10.6. The fourth-order valence-electron chi connectivity index (χ4n) is 1.42. The summed E-state index contributed by atoms with van der Waals surface area (Å²) in [5.41, 5.74) is 2.04. The molecule has 0 unspecified atom stereocenters. The summed E-state index contributed by atoms with van der Waals surface area (Å²) in [6.07, 6.45) is 7.32. The van der Waals surface area contributed by atoms with E-state index in [2.05, 4.69) is 15.0 Å². The first-order chi connectivity index (χ1) is 7.81. The molecule has 0 fully saturated rings. The number of hydrogen-bond donors (Lipinski definition) is 2. The van der Waals surface area contributed by atoms with Crippen molar-refractivity contribution in [2.75, 3.05) is 25.1 Å². The molecule has 0 atom stereocenters. The lowest BCUT2D eigenvalue weighted by atomic mass is 10.2. The molecule has 0 aliphatic rings. The SMILES string of the molecule is CN(CCO)c1ncc(-c2cc[nH]c2)cn1. The molecule has 0 amide bonds. The monoisotopic (exact) mass is 218 g/mol. The summed E-state index contributed by atoms with van der Waals surface area (Å²) in [4.78, 5) is 13.3. The highest BCUT2D eigenvalue weighted by molar-refractivity contribution is 5.60. The van der Waals surface area contributed by atoms with Crippen LogP contribution in [0.25, 0.3) is 11.1 Å². The van der Waals surface area contributed by atoms with E-state index in [0.29, 0.717) is 12.5 Å². The highest BCUT2D eigenvalue weighted by Gasteiger charge is 2.04. The Bertz CT molecular complexity index is 424. The van der Waals surface area contributed by atoms with Crippen molar-refractivity contribution in [3.63, 3.8) is 0 Å². The van der Waals surface area contributed by atoms with Crippen LogP contribution < -0.4 is 4.90 Å². The van der Waals surface area contributed by atoms with Gasteiger partial charge in [0, 0.05) is 49.5 Å². The third kappa shape index (κ3) is 2.20. The van der Waals surface area contributed by atoms with E-state index in [1.807, 2.05) is 25.5 Å². The maximum Gasteiger partial charge on any atom is 0.225 e. The number of aromatic amines is 1. The van der Waals surface area contributed by atoms with Gasteiger partial charge in [0.05, 0.1) is 6.61 Å². The summed E-state index contributed by atoms with van der Waals surface area (Å²) in [6.45, 7) is 0.628. The maximum atomic E-state index is 8.80. The summed E-state index contributed by atoms with van der Waals surface area (Å²) in [5.74, 6) is 0.619. The average Bonchev–Trinajstić information content (AvgIpc) is 2.83. The lowest BCUT2D eigenvalue weighted by molar-refractivity contribution is 0.303. The van der Waals surface area contributed by atoms with Crippen LogP contribution in [0.15, 0.2) is 30.9 Å². The second-order valence-corrected chi connectivity index (χ2v) is 3.52. The molecule has 0 bridgehead atoms. The minimum atomic E-state index is 0.0966. The standard InChI is InChI=1S/C11H14N4O/c1-15(4-5-16)11-13-7-10(8-14-11)9-2-3-12-6-9/h2-3,6-8,12,16H,4-5H2,1H3. The topological polar surface area (TPSA) is 65.0 Å². The molecule has 0 saturated carbocycles. The van der Waals surface area contributed by atoms with Gasteiger partial charge in [-0.2, -0.15) is 0 Å². The van der Waals surface area contributed by atoms with E-state index < -0.39 is 0 Å². The van der Waals surface area contributed by atoms with Crippen molar-refractivity contribution in [3.05, 3.63) is 30.9 Å². The highest BCUT2D eigenvalue weighted by atomic mass is 16.3. The molecule has 5 nitrogen and oxygen atoms in total. The van der Waals surface area contributed by atoms with Crippen molar-refractivity contribution < 1.29 is 5.11 Å². The van der Waals surface area contributed by atoms with Crippen LogP contribution in [0.1, 0.15) is 0 Å². The molecule has 0 saturated heterocycles. The second-order valence-electron chi connectivity index (χ2n) is 3.52. The van der Waals surface area contributed by atoms with Crippen molar-refractivity contribution >= 4 is 5.95 Å². The van der Waals surface area contributed by atoms with Gasteiger partial charge in [0.25, 0.3) is 0 Å². The van der Waals surface area contributed by atoms with Crippen molar-refractivity contribution in [1.82, 2.24) is 15.0 Å². The Kier molecular flexibility index (Phi) is 3.16. The predicted octanol–water partition coefficient (Wildman–Crippen LogP) is 0.900. The van der Waals surface area contributed by atoms with E-state index in [-0.39, 0.29) is 6.61 Å². The van der Waals surface area contributed by atoms with Crippen LogP contribution in [0.3, 0.4) is 0 Å². The number of likely N-dealkylation sites (N-methyl/N-ethyl adjacent to an activating group) is 1. The number of nitrogens with one attached hydrogen (secondary N) is 1. The van der Waals surface area contributed by atoms with E-state index in [9.17, 15) is 0 Å². The molecule has 16 heavy (non-hydrogen) atoms. The zero-order chi connectivity index (χ0) is 11.4. The van der Waals surface area contributed by atoms with E-state index in [4.69, 9.17) is 5.11 Å².